The Morgan fingerprint density at radius 3 is 2.56 bits per heavy atom. The maximum atomic E-state index is 11.5. The first-order chi connectivity index (χ1) is 7.69. The maximum absolute atomic E-state index is 11.5. The minimum Gasteiger partial charge on any atom is -0.378 e. The molecule has 0 saturated carbocycles. The fourth-order valence-electron chi connectivity index (χ4n) is 1.23. The third kappa shape index (κ3) is 3.13. The highest BCUT2D eigenvalue weighted by Crippen LogP contribution is 2.12. The lowest BCUT2D eigenvalue weighted by atomic mass is 10.1. The molecule has 2 unspecified atom stereocenters. The highest BCUT2D eigenvalue weighted by atomic mass is 16.3. The third-order valence-electron chi connectivity index (χ3n) is 2.19. The van der Waals surface area contributed by atoms with Crippen LogP contribution in [0.5, 0.6) is 0 Å². The van der Waals surface area contributed by atoms with Crippen LogP contribution in [0.2, 0.25) is 0 Å². The molecule has 0 bridgehead atoms. The predicted molar refractivity (Wildman–Crippen MR) is 59.4 cm³/mol. The van der Waals surface area contributed by atoms with E-state index in [1.165, 1.54) is 0 Å². The third-order valence-corrected chi connectivity index (χ3v) is 2.19. The lowest BCUT2D eigenvalue weighted by Gasteiger charge is -2.13. The van der Waals surface area contributed by atoms with Gasteiger partial charge in [0.15, 0.2) is 12.3 Å². The van der Waals surface area contributed by atoms with Gasteiger partial charge >= 0.3 is 0 Å². The molecule has 0 aromatic heterocycles. The summed E-state index contributed by atoms with van der Waals surface area (Å²) in [6.07, 6.45) is -1.65. The van der Waals surface area contributed by atoms with Crippen molar-refractivity contribution in [2.24, 2.45) is 5.18 Å². The van der Waals surface area contributed by atoms with Crippen LogP contribution in [-0.2, 0) is 4.79 Å². The summed E-state index contributed by atoms with van der Waals surface area (Å²) in [4.78, 5) is 21.8. The van der Waals surface area contributed by atoms with Crippen LogP contribution in [0, 0.1) is 4.91 Å². The second-order valence-corrected chi connectivity index (χ2v) is 3.35. The van der Waals surface area contributed by atoms with E-state index >= 15 is 0 Å². The molecule has 5 nitrogen and oxygen atoms in total. The van der Waals surface area contributed by atoms with Gasteiger partial charge in [0.25, 0.3) is 5.91 Å². The number of rotatable bonds is 5. The van der Waals surface area contributed by atoms with Gasteiger partial charge in [-0.05, 0) is 17.2 Å². The molecule has 0 radical (unpaired) electrons. The Hall–Kier alpha value is -1.75. The summed E-state index contributed by atoms with van der Waals surface area (Å²) in [5.41, 5.74) is 0.487. The second-order valence-electron chi connectivity index (χ2n) is 3.35. The first-order valence-electron chi connectivity index (χ1n) is 5.05. The van der Waals surface area contributed by atoms with E-state index in [1.807, 2.05) is 0 Å². The van der Waals surface area contributed by atoms with E-state index in [0.29, 0.717) is 12.0 Å². The fraction of sp³-hybridized carbons (Fsp3) is 0.364. The monoisotopic (exact) mass is 222 g/mol. The molecule has 16 heavy (non-hydrogen) atoms. The van der Waals surface area contributed by atoms with Gasteiger partial charge in [-0.15, -0.1) is 4.91 Å². The fourth-order valence-corrected chi connectivity index (χ4v) is 1.23. The highest BCUT2D eigenvalue weighted by molar-refractivity contribution is 5.82. The summed E-state index contributed by atoms with van der Waals surface area (Å²) in [7, 11) is 0. The van der Waals surface area contributed by atoms with Crippen molar-refractivity contribution in [1.29, 1.82) is 0 Å². The zero-order valence-electron chi connectivity index (χ0n) is 8.96. The number of nitrogens with one attached hydrogen (secondary N) is 1. The Bertz CT molecular complexity index is 354. The van der Waals surface area contributed by atoms with Crippen molar-refractivity contribution < 1.29 is 9.90 Å². The zero-order valence-corrected chi connectivity index (χ0v) is 8.96. The summed E-state index contributed by atoms with van der Waals surface area (Å²) in [6, 6.07) is 8.51. The Balaban J connectivity index is 2.64. The average Bonchev–Trinajstić information content (AvgIpc) is 2.35. The lowest BCUT2D eigenvalue weighted by Crippen LogP contribution is -2.36. The van der Waals surface area contributed by atoms with Gasteiger partial charge in [-0.25, -0.2) is 0 Å². The average molecular weight is 222 g/mol. The molecule has 0 aliphatic heterocycles. The van der Waals surface area contributed by atoms with Crippen LogP contribution in [0.15, 0.2) is 35.5 Å². The van der Waals surface area contributed by atoms with Crippen molar-refractivity contribution in [1.82, 2.24) is 5.32 Å². The SMILES string of the molecule is CCC(N=O)NC(=O)C(O)c1ccccc1. The van der Waals surface area contributed by atoms with E-state index in [9.17, 15) is 14.8 Å². The van der Waals surface area contributed by atoms with Gasteiger partial charge < -0.3 is 10.4 Å². The molecule has 86 valence electrons. The van der Waals surface area contributed by atoms with Crippen molar-refractivity contribution in [3.63, 3.8) is 0 Å². The Morgan fingerprint density at radius 2 is 2.06 bits per heavy atom. The van der Waals surface area contributed by atoms with Gasteiger partial charge in [-0.3, -0.25) is 4.79 Å². The summed E-state index contributed by atoms with van der Waals surface area (Å²) in [6.45, 7) is 1.72. The van der Waals surface area contributed by atoms with Crippen LogP contribution in [0.25, 0.3) is 0 Å². The van der Waals surface area contributed by atoms with E-state index in [2.05, 4.69) is 10.5 Å². The smallest absolute Gasteiger partial charge is 0.255 e. The molecular formula is C11H14N2O3. The summed E-state index contributed by atoms with van der Waals surface area (Å²) >= 11 is 0. The van der Waals surface area contributed by atoms with E-state index in [4.69, 9.17) is 0 Å². The van der Waals surface area contributed by atoms with Crippen LogP contribution in [0.4, 0.5) is 0 Å². The number of carbonyl (C=O) groups is 1. The first-order valence-corrected chi connectivity index (χ1v) is 5.05. The van der Waals surface area contributed by atoms with Gasteiger partial charge in [0.1, 0.15) is 0 Å². The second kappa shape index (κ2) is 5.97. The Labute approximate surface area is 93.5 Å². The lowest BCUT2D eigenvalue weighted by molar-refractivity contribution is -0.130. The van der Waals surface area contributed by atoms with Gasteiger partial charge in [0, 0.05) is 0 Å². The summed E-state index contributed by atoms with van der Waals surface area (Å²) < 4.78 is 0. The number of amides is 1. The normalized spacial score (nSPS) is 13.9. The molecule has 1 aromatic rings. The molecule has 0 spiro atoms. The molecule has 1 rings (SSSR count). The van der Waals surface area contributed by atoms with Crippen molar-refractivity contribution in [2.45, 2.75) is 25.6 Å². The number of hydrogen-bond acceptors (Lipinski definition) is 4. The molecule has 2 N–H and O–H groups in total. The molecule has 0 aliphatic rings. The standard InChI is InChI=1S/C11H14N2O3/c1-2-9(13-16)12-11(15)10(14)8-6-4-3-5-7-8/h3-7,9-10,14H,2H2,1H3,(H,12,15). The topological polar surface area (TPSA) is 78.8 Å². The summed E-state index contributed by atoms with van der Waals surface area (Å²) in [5, 5.41) is 14.7. The van der Waals surface area contributed by atoms with Crippen molar-refractivity contribution in [2.75, 3.05) is 0 Å². The Morgan fingerprint density at radius 1 is 1.44 bits per heavy atom. The van der Waals surface area contributed by atoms with Crippen LogP contribution < -0.4 is 5.32 Å². The van der Waals surface area contributed by atoms with Crippen LogP contribution in [0.3, 0.4) is 0 Å². The number of nitrogens with zero attached hydrogens (tertiary/aromatic N) is 1. The Kier molecular flexibility index (Phi) is 4.60. The van der Waals surface area contributed by atoms with Gasteiger partial charge in [-0.2, -0.15) is 0 Å². The number of nitroso groups, excluding NO2 is 1. The van der Waals surface area contributed by atoms with Crippen LogP contribution in [-0.4, -0.2) is 17.2 Å². The molecular weight excluding hydrogens is 208 g/mol. The molecule has 0 heterocycles. The van der Waals surface area contributed by atoms with E-state index in [-0.39, 0.29) is 0 Å². The minimum atomic E-state index is -1.27. The quantitative estimate of drug-likeness (QED) is 0.738. The van der Waals surface area contributed by atoms with Gasteiger partial charge in [-0.1, -0.05) is 37.3 Å². The van der Waals surface area contributed by atoms with Crippen LogP contribution >= 0.6 is 0 Å². The number of carbonyl (C=O) groups excluding carboxylic acids is 1. The van der Waals surface area contributed by atoms with Crippen molar-refractivity contribution in [3.05, 3.63) is 40.8 Å². The highest BCUT2D eigenvalue weighted by Gasteiger charge is 2.19. The van der Waals surface area contributed by atoms with E-state index in [0.717, 1.165) is 0 Å². The molecule has 2 atom stereocenters. The van der Waals surface area contributed by atoms with Crippen molar-refractivity contribution in [3.8, 4) is 0 Å². The number of benzene rings is 1. The van der Waals surface area contributed by atoms with Gasteiger partial charge in [0.05, 0.1) is 0 Å². The number of aliphatic hydroxyl groups excluding tert-OH is 1. The number of aliphatic hydroxyl groups is 1. The maximum Gasteiger partial charge on any atom is 0.255 e. The van der Waals surface area contributed by atoms with E-state index < -0.39 is 18.2 Å². The van der Waals surface area contributed by atoms with E-state index in [1.54, 1.807) is 37.3 Å². The molecule has 1 aromatic carbocycles. The molecule has 0 saturated heterocycles. The molecule has 5 heteroatoms. The zero-order chi connectivity index (χ0) is 12.0. The largest absolute Gasteiger partial charge is 0.378 e. The number of hydrogen-bond donors (Lipinski definition) is 2. The molecule has 0 aliphatic carbocycles. The van der Waals surface area contributed by atoms with Crippen LogP contribution in [0.1, 0.15) is 25.0 Å². The summed E-state index contributed by atoms with van der Waals surface area (Å²) in [5.74, 6) is -0.613. The molecule has 0 fully saturated rings. The first kappa shape index (κ1) is 12.3. The predicted octanol–water partition coefficient (Wildman–Crippen LogP) is 1.34. The van der Waals surface area contributed by atoms with Crippen molar-refractivity contribution >= 4 is 5.91 Å². The van der Waals surface area contributed by atoms with Gasteiger partial charge in [0.2, 0.25) is 0 Å². The minimum absolute atomic E-state index is 0.400. The molecule has 1 amide bonds.